The van der Waals surface area contributed by atoms with Gasteiger partial charge >= 0.3 is 0 Å². The number of nitrogens with one attached hydrogen (secondary N) is 2. The lowest BCUT2D eigenvalue weighted by molar-refractivity contribution is 0.0951. The number of rotatable bonds is 6. The number of halogens is 2. The van der Waals surface area contributed by atoms with E-state index in [0.29, 0.717) is 22.6 Å². The summed E-state index contributed by atoms with van der Waals surface area (Å²) in [4.78, 5) is 12.4. The van der Waals surface area contributed by atoms with Crippen LogP contribution in [0.2, 0.25) is 0 Å². The molecule has 0 saturated carbocycles. The lowest BCUT2D eigenvalue weighted by Crippen LogP contribution is -2.22. The first-order valence-corrected chi connectivity index (χ1v) is 9.57. The fraction of sp³-hybridized carbons (Fsp3) is 0.0417. The van der Waals surface area contributed by atoms with Crippen molar-refractivity contribution in [2.24, 2.45) is 0 Å². The summed E-state index contributed by atoms with van der Waals surface area (Å²) < 4.78 is 26.3. The van der Waals surface area contributed by atoms with Crippen LogP contribution in [0.25, 0.3) is 11.3 Å². The molecule has 0 unspecified atom stereocenters. The van der Waals surface area contributed by atoms with Gasteiger partial charge in [-0.1, -0.05) is 42.5 Å². The maximum atomic E-state index is 13.3. The van der Waals surface area contributed by atoms with Crippen molar-refractivity contribution in [1.82, 2.24) is 15.5 Å². The molecule has 0 radical (unpaired) electrons. The second kappa shape index (κ2) is 9.13. The Morgan fingerprint density at radius 2 is 1.65 bits per heavy atom. The molecule has 0 fully saturated rings. The largest absolute Gasteiger partial charge is 0.348 e. The van der Waals surface area contributed by atoms with E-state index >= 15 is 0 Å². The van der Waals surface area contributed by atoms with Crippen LogP contribution in [0.4, 0.5) is 20.3 Å². The molecular weight excluding hydrogens is 398 g/mol. The zero-order valence-electron chi connectivity index (χ0n) is 16.3. The molecule has 1 amide bonds. The van der Waals surface area contributed by atoms with E-state index < -0.39 is 11.6 Å². The van der Waals surface area contributed by atoms with Gasteiger partial charge in [-0.25, -0.2) is 8.78 Å². The molecule has 2 N–H and O–H groups in total. The summed E-state index contributed by atoms with van der Waals surface area (Å²) >= 11 is 0. The Morgan fingerprint density at radius 3 is 2.39 bits per heavy atom. The van der Waals surface area contributed by atoms with E-state index in [-0.39, 0.29) is 12.5 Å². The smallest absolute Gasteiger partial charge is 0.251 e. The average molecular weight is 416 g/mol. The lowest BCUT2D eigenvalue weighted by Gasteiger charge is -2.09. The summed E-state index contributed by atoms with van der Waals surface area (Å²) in [6.45, 7) is 0.0834. The van der Waals surface area contributed by atoms with Crippen LogP contribution in [0, 0.1) is 11.6 Å². The monoisotopic (exact) mass is 416 g/mol. The van der Waals surface area contributed by atoms with Crippen molar-refractivity contribution in [3.05, 3.63) is 108 Å². The number of anilines is 2. The minimum atomic E-state index is -0.947. The van der Waals surface area contributed by atoms with Crippen LogP contribution in [0.3, 0.4) is 0 Å². The molecule has 1 heterocycles. The first-order chi connectivity index (χ1) is 15.1. The normalized spacial score (nSPS) is 10.5. The van der Waals surface area contributed by atoms with Crippen molar-refractivity contribution in [1.29, 1.82) is 0 Å². The van der Waals surface area contributed by atoms with Gasteiger partial charge in [-0.3, -0.25) is 4.79 Å². The summed E-state index contributed by atoms with van der Waals surface area (Å²) in [5, 5.41) is 14.2. The second-order valence-corrected chi connectivity index (χ2v) is 6.81. The summed E-state index contributed by atoms with van der Waals surface area (Å²) in [6.07, 6.45) is 0. The van der Waals surface area contributed by atoms with Gasteiger partial charge in [0.15, 0.2) is 17.5 Å². The molecule has 0 bridgehead atoms. The molecule has 0 saturated heterocycles. The van der Waals surface area contributed by atoms with E-state index in [1.54, 1.807) is 24.3 Å². The number of benzene rings is 3. The fourth-order valence-electron chi connectivity index (χ4n) is 2.98. The van der Waals surface area contributed by atoms with E-state index in [2.05, 4.69) is 20.8 Å². The average Bonchev–Trinajstić information content (AvgIpc) is 2.81. The Labute approximate surface area is 177 Å². The minimum Gasteiger partial charge on any atom is -0.348 e. The Morgan fingerprint density at radius 1 is 0.806 bits per heavy atom. The van der Waals surface area contributed by atoms with Crippen molar-refractivity contribution in [3.63, 3.8) is 0 Å². The minimum absolute atomic E-state index is 0.0834. The molecule has 7 heteroatoms. The molecular formula is C24H18F2N4O. The van der Waals surface area contributed by atoms with Crippen LogP contribution in [0.5, 0.6) is 0 Å². The molecule has 0 spiro atoms. The van der Waals surface area contributed by atoms with E-state index in [0.717, 1.165) is 23.4 Å². The van der Waals surface area contributed by atoms with Crippen LogP contribution in [-0.4, -0.2) is 16.1 Å². The number of carbonyl (C=O) groups excluding carboxylic acids is 1. The first kappa shape index (κ1) is 20.2. The van der Waals surface area contributed by atoms with Crippen LogP contribution >= 0.6 is 0 Å². The Bertz CT molecular complexity index is 1200. The Kier molecular flexibility index (Phi) is 5.93. The van der Waals surface area contributed by atoms with Gasteiger partial charge < -0.3 is 10.6 Å². The summed E-state index contributed by atoms with van der Waals surface area (Å²) in [6, 6.07) is 23.8. The van der Waals surface area contributed by atoms with Gasteiger partial charge in [0, 0.05) is 23.4 Å². The van der Waals surface area contributed by atoms with Crippen molar-refractivity contribution < 1.29 is 13.6 Å². The van der Waals surface area contributed by atoms with Crippen LogP contribution in [0.1, 0.15) is 15.9 Å². The zero-order chi connectivity index (χ0) is 21.6. The molecule has 0 atom stereocenters. The number of carbonyl (C=O) groups is 1. The van der Waals surface area contributed by atoms with E-state index in [1.807, 2.05) is 42.5 Å². The molecule has 31 heavy (non-hydrogen) atoms. The zero-order valence-corrected chi connectivity index (χ0v) is 16.3. The molecule has 4 aromatic rings. The van der Waals surface area contributed by atoms with Crippen LogP contribution < -0.4 is 10.6 Å². The highest BCUT2D eigenvalue weighted by Gasteiger charge is 2.09. The van der Waals surface area contributed by atoms with Gasteiger partial charge in [0.1, 0.15) is 0 Å². The number of aromatic nitrogens is 2. The van der Waals surface area contributed by atoms with E-state index in [9.17, 15) is 13.6 Å². The highest BCUT2D eigenvalue weighted by Crippen LogP contribution is 2.19. The van der Waals surface area contributed by atoms with Crippen molar-refractivity contribution >= 4 is 17.4 Å². The Balaban J connectivity index is 1.40. The topological polar surface area (TPSA) is 66.9 Å². The van der Waals surface area contributed by atoms with Crippen molar-refractivity contribution in [2.75, 3.05) is 5.32 Å². The quantitative estimate of drug-likeness (QED) is 0.459. The van der Waals surface area contributed by atoms with Crippen LogP contribution in [-0.2, 0) is 6.54 Å². The second-order valence-electron chi connectivity index (χ2n) is 6.81. The molecule has 154 valence electrons. The molecule has 4 rings (SSSR count). The van der Waals surface area contributed by atoms with E-state index in [1.165, 1.54) is 6.07 Å². The Hall–Kier alpha value is -4.13. The molecule has 0 aliphatic carbocycles. The summed E-state index contributed by atoms with van der Waals surface area (Å²) in [5.41, 5.74) is 3.29. The predicted octanol–water partition coefficient (Wildman–Crippen LogP) is 5.10. The number of hydrogen-bond donors (Lipinski definition) is 2. The third kappa shape index (κ3) is 5.08. The summed E-state index contributed by atoms with van der Waals surface area (Å²) in [7, 11) is 0. The summed E-state index contributed by atoms with van der Waals surface area (Å²) in [5.74, 6) is -1.66. The highest BCUT2D eigenvalue weighted by molar-refractivity contribution is 5.95. The predicted molar refractivity (Wildman–Crippen MR) is 115 cm³/mol. The fourth-order valence-corrected chi connectivity index (χ4v) is 2.98. The van der Waals surface area contributed by atoms with Gasteiger partial charge in [-0.05, 0) is 48.0 Å². The lowest BCUT2D eigenvalue weighted by atomic mass is 10.1. The van der Waals surface area contributed by atoms with Crippen molar-refractivity contribution in [3.8, 4) is 11.3 Å². The maximum absolute atomic E-state index is 13.3. The third-order valence-corrected chi connectivity index (χ3v) is 4.57. The molecule has 0 aliphatic heterocycles. The standard InChI is InChI=1S/C24H18F2N4O/c25-20-10-9-16(13-21(20)26)15-27-24(31)18-7-4-8-19(14-18)28-23-12-11-22(29-30-23)17-5-2-1-3-6-17/h1-14H,15H2,(H,27,31)(H,28,30). The van der Waals surface area contributed by atoms with Gasteiger partial charge in [-0.2, -0.15) is 0 Å². The molecule has 5 nitrogen and oxygen atoms in total. The SMILES string of the molecule is O=C(NCc1ccc(F)c(F)c1)c1cccc(Nc2ccc(-c3ccccc3)nn2)c1. The number of hydrogen-bond acceptors (Lipinski definition) is 4. The molecule has 0 aliphatic rings. The van der Waals surface area contributed by atoms with Gasteiger partial charge in [0.05, 0.1) is 5.69 Å². The van der Waals surface area contributed by atoms with E-state index in [4.69, 9.17) is 0 Å². The highest BCUT2D eigenvalue weighted by atomic mass is 19.2. The maximum Gasteiger partial charge on any atom is 0.251 e. The van der Waals surface area contributed by atoms with Gasteiger partial charge in [0.25, 0.3) is 5.91 Å². The third-order valence-electron chi connectivity index (χ3n) is 4.57. The van der Waals surface area contributed by atoms with Crippen LogP contribution in [0.15, 0.2) is 84.9 Å². The first-order valence-electron chi connectivity index (χ1n) is 9.57. The molecule has 3 aromatic carbocycles. The number of amides is 1. The van der Waals surface area contributed by atoms with Gasteiger partial charge in [0.2, 0.25) is 0 Å². The number of nitrogens with zero attached hydrogens (tertiary/aromatic N) is 2. The molecule has 1 aromatic heterocycles. The van der Waals surface area contributed by atoms with Crippen molar-refractivity contribution in [2.45, 2.75) is 6.54 Å². The van der Waals surface area contributed by atoms with Gasteiger partial charge in [-0.15, -0.1) is 10.2 Å².